The van der Waals surface area contributed by atoms with Gasteiger partial charge in [0, 0.05) is 18.8 Å². The Morgan fingerprint density at radius 3 is 2.42 bits per heavy atom. The largest absolute Gasteiger partial charge is 0.500 e. The Bertz CT molecular complexity index is 141. The van der Waals surface area contributed by atoms with E-state index in [0.717, 1.165) is 12.3 Å². The third kappa shape index (κ3) is 4.27. The smallest absolute Gasteiger partial charge is 0.108 e. The van der Waals surface area contributed by atoms with Crippen molar-refractivity contribution in [2.75, 3.05) is 13.7 Å². The van der Waals surface area contributed by atoms with Gasteiger partial charge in [-0.3, -0.25) is 0 Å². The molecule has 72 valence electrons. The first-order valence-electron chi connectivity index (χ1n) is 4.60. The summed E-state index contributed by atoms with van der Waals surface area (Å²) in [5.41, 5.74) is 0. The standard InChI is InChI=1S/C10H21NO/c1-6-7-11(9(2)3)8-10(4)12-5/h8-9H,6-7H2,1-5H3/b10-8-. The van der Waals surface area contributed by atoms with Crippen molar-refractivity contribution in [1.82, 2.24) is 4.90 Å². The molecule has 2 heteroatoms. The summed E-state index contributed by atoms with van der Waals surface area (Å²) >= 11 is 0. The lowest BCUT2D eigenvalue weighted by Gasteiger charge is -2.24. The SMILES string of the molecule is CCCN(/C=C(/C)OC)C(C)C. The quantitative estimate of drug-likeness (QED) is 0.590. The van der Waals surface area contributed by atoms with Gasteiger partial charge in [-0.15, -0.1) is 0 Å². The molecule has 0 unspecified atom stereocenters. The summed E-state index contributed by atoms with van der Waals surface area (Å²) in [6.45, 7) is 9.64. The van der Waals surface area contributed by atoms with Gasteiger partial charge < -0.3 is 9.64 Å². The van der Waals surface area contributed by atoms with E-state index in [9.17, 15) is 0 Å². The first kappa shape index (κ1) is 11.3. The van der Waals surface area contributed by atoms with Gasteiger partial charge in [0.1, 0.15) is 5.76 Å². The Balaban J connectivity index is 4.11. The van der Waals surface area contributed by atoms with E-state index in [4.69, 9.17) is 4.74 Å². The van der Waals surface area contributed by atoms with Crippen molar-refractivity contribution in [2.24, 2.45) is 0 Å². The average molecular weight is 171 g/mol. The predicted octanol–water partition coefficient (Wildman–Crippen LogP) is 2.61. The van der Waals surface area contributed by atoms with Crippen LogP contribution in [0.4, 0.5) is 0 Å². The fourth-order valence-electron chi connectivity index (χ4n) is 1.02. The van der Waals surface area contributed by atoms with Gasteiger partial charge in [-0.2, -0.15) is 0 Å². The molecule has 12 heavy (non-hydrogen) atoms. The van der Waals surface area contributed by atoms with E-state index < -0.39 is 0 Å². The summed E-state index contributed by atoms with van der Waals surface area (Å²) < 4.78 is 5.10. The molecule has 0 spiro atoms. The number of nitrogens with zero attached hydrogens (tertiary/aromatic N) is 1. The van der Waals surface area contributed by atoms with Crippen LogP contribution in [0.3, 0.4) is 0 Å². The summed E-state index contributed by atoms with van der Waals surface area (Å²) in [7, 11) is 1.70. The molecule has 0 aliphatic heterocycles. The second-order valence-corrected chi connectivity index (χ2v) is 3.28. The van der Waals surface area contributed by atoms with E-state index in [1.807, 2.05) is 6.92 Å². The van der Waals surface area contributed by atoms with Gasteiger partial charge >= 0.3 is 0 Å². The Hall–Kier alpha value is -0.660. The topological polar surface area (TPSA) is 12.5 Å². The van der Waals surface area contributed by atoms with Crippen LogP contribution in [0.25, 0.3) is 0 Å². The van der Waals surface area contributed by atoms with Crippen molar-refractivity contribution in [2.45, 2.75) is 40.2 Å². The zero-order valence-corrected chi connectivity index (χ0v) is 8.92. The maximum absolute atomic E-state index is 5.10. The lowest BCUT2D eigenvalue weighted by molar-refractivity contribution is 0.254. The first-order valence-corrected chi connectivity index (χ1v) is 4.60. The number of allylic oxidation sites excluding steroid dienone is 1. The van der Waals surface area contributed by atoms with Crippen molar-refractivity contribution in [3.63, 3.8) is 0 Å². The molecule has 0 fully saturated rings. The molecule has 0 atom stereocenters. The van der Waals surface area contributed by atoms with Crippen LogP contribution in [0.2, 0.25) is 0 Å². The Morgan fingerprint density at radius 1 is 1.50 bits per heavy atom. The molecular weight excluding hydrogens is 150 g/mol. The van der Waals surface area contributed by atoms with Gasteiger partial charge in [0.15, 0.2) is 0 Å². The molecule has 0 aromatic carbocycles. The third-order valence-corrected chi connectivity index (χ3v) is 1.81. The number of rotatable bonds is 5. The Labute approximate surface area is 76.2 Å². The molecule has 0 bridgehead atoms. The highest BCUT2D eigenvalue weighted by Crippen LogP contribution is 2.04. The third-order valence-electron chi connectivity index (χ3n) is 1.81. The van der Waals surface area contributed by atoms with Crippen LogP contribution in [-0.2, 0) is 4.74 Å². The molecule has 0 rings (SSSR count). The van der Waals surface area contributed by atoms with E-state index in [1.165, 1.54) is 6.42 Å². The minimum atomic E-state index is 0.551. The molecule has 0 radical (unpaired) electrons. The van der Waals surface area contributed by atoms with Gasteiger partial charge in [-0.05, 0) is 27.2 Å². The molecule has 0 aromatic heterocycles. The highest BCUT2D eigenvalue weighted by atomic mass is 16.5. The summed E-state index contributed by atoms with van der Waals surface area (Å²) in [5.74, 6) is 0.970. The second kappa shape index (κ2) is 5.92. The molecule has 2 nitrogen and oxygen atoms in total. The number of methoxy groups -OCH3 is 1. The van der Waals surface area contributed by atoms with Crippen LogP contribution in [0.5, 0.6) is 0 Å². The Kier molecular flexibility index (Phi) is 5.60. The van der Waals surface area contributed by atoms with Crippen molar-refractivity contribution >= 4 is 0 Å². The summed E-state index contributed by atoms with van der Waals surface area (Å²) in [6.07, 6.45) is 3.25. The van der Waals surface area contributed by atoms with E-state index in [-0.39, 0.29) is 0 Å². The molecule has 0 heterocycles. The highest BCUT2D eigenvalue weighted by Gasteiger charge is 2.03. The highest BCUT2D eigenvalue weighted by molar-refractivity contribution is 4.89. The van der Waals surface area contributed by atoms with Crippen LogP contribution in [-0.4, -0.2) is 24.6 Å². The van der Waals surface area contributed by atoms with Crippen molar-refractivity contribution in [1.29, 1.82) is 0 Å². The van der Waals surface area contributed by atoms with Crippen molar-refractivity contribution in [3.8, 4) is 0 Å². The molecular formula is C10H21NO. The summed E-state index contributed by atoms with van der Waals surface area (Å²) in [6, 6.07) is 0.551. The van der Waals surface area contributed by atoms with E-state index >= 15 is 0 Å². The van der Waals surface area contributed by atoms with Crippen LogP contribution in [0, 0.1) is 0 Å². The minimum Gasteiger partial charge on any atom is -0.500 e. The van der Waals surface area contributed by atoms with Gasteiger partial charge in [0.25, 0.3) is 0 Å². The molecule has 0 saturated heterocycles. The normalized spacial score (nSPS) is 12.0. The molecule has 0 N–H and O–H groups in total. The van der Waals surface area contributed by atoms with E-state index in [0.29, 0.717) is 6.04 Å². The number of hydrogen-bond acceptors (Lipinski definition) is 2. The van der Waals surface area contributed by atoms with Gasteiger partial charge in [0.05, 0.1) is 7.11 Å². The minimum absolute atomic E-state index is 0.551. The average Bonchev–Trinajstić information content (AvgIpc) is 2.03. The van der Waals surface area contributed by atoms with Crippen molar-refractivity contribution < 1.29 is 4.74 Å². The molecule has 0 aliphatic rings. The fourth-order valence-corrected chi connectivity index (χ4v) is 1.02. The molecule has 0 aromatic rings. The fraction of sp³-hybridized carbons (Fsp3) is 0.800. The van der Waals surface area contributed by atoms with Crippen LogP contribution in [0.15, 0.2) is 12.0 Å². The van der Waals surface area contributed by atoms with Crippen LogP contribution < -0.4 is 0 Å². The predicted molar refractivity (Wildman–Crippen MR) is 52.9 cm³/mol. The number of hydrogen-bond donors (Lipinski definition) is 0. The maximum Gasteiger partial charge on any atom is 0.108 e. The zero-order valence-electron chi connectivity index (χ0n) is 8.92. The summed E-state index contributed by atoms with van der Waals surface area (Å²) in [5, 5.41) is 0. The lowest BCUT2D eigenvalue weighted by atomic mass is 10.3. The maximum atomic E-state index is 5.10. The second-order valence-electron chi connectivity index (χ2n) is 3.28. The summed E-state index contributed by atoms with van der Waals surface area (Å²) in [4.78, 5) is 2.29. The molecule has 0 aliphatic carbocycles. The Morgan fingerprint density at radius 2 is 2.08 bits per heavy atom. The van der Waals surface area contributed by atoms with E-state index in [1.54, 1.807) is 7.11 Å². The molecule has 0 amide bonds. The zero-order chi connectivity index (χ0) is 9.56. The van der Waals surface area contributed by atoms with Gasteiger partial charge in [-0.1, -0.05) is 6.92 Å². The van der Waals surface area contributed by atoms with Crippen molar-refractivity contribution in [3.05, 3.63) is 12.0 Å². The first-order chi connectivity index (χ1) is 5.61. The van der Waals surface area contributed by atoms with Crippen LogP contribution >= 0.6 is 0 Å². The van der Waals surface area contributed by atoms with E-state index in [2.05, 4.69) is 31.9 Å². The van der Waals surface area contributed by atoms with Gasteiger partial charge in [-0.25, -0.2) is 0 Å². The molecule has 0 saturated carbocycles. The number of ether oxygens (including phenoxy) is 1. The lowest BCUT2D eigenvalue weighted by Crippen LogP contribution is -2.26. The monoisotopic (exact) mass is 171 g/mol. The van der Waals surface area contributed by atoms with Crippen LogP contribution in [0.1, 0.15) is 34.1 Å². The van der Waals surface area contributed by atoms with Gasteiger partial charge in [0.2, 0.25) is 0 Å².